The van der Waals surface area contributed by atoms with Crippen molar-refractivity contribution in [1.82, 2.24) is 10.3 Å². The highest BCUT2D eigenvalue weighted by molar-refractivity contribution is 5.92. The second-order valence-electron chi connectivity index (χ2n) is 4.94. The van der Waals surface area contributed by atoms with Crippen LogP contribution in [-0.4, -0.2) is 25.1 Å². The number of carbonyl (C=O) groups excluding carboxylic acids is 1. The van der Waals surface area contributed by atoms with E-state index < -0.39 is 0 Å². The van der Waals surface area contributed by atoms with Gasteiger partial charge in [0, 0.05) is 8.47 Å². The van der Waals surface area contributed by atoms with Crippen LogP contribution >= 0.6 is 0 Å². The third kappa shape index (κ3) is 11.1. The lowest BCUT2D eigenvalue weighted by Crippen LogP contribution is -2.19. The van der Waals surface area contributed by atoms with E-state index in [2.05, 4.69) is 36.3 Å². The molecule has 0 saturated heterocycles. The number of aromatic nitrogens is 1. The van der Waals surface area contributed by atoms with Crippen molar-refractivity contribution in [2.24, 2.45) is 0 Å². The van der Waals surface area contributed by atoms with Gasteiger partial charge in [-0.15, -0.1) is 0 Å². The molecule has 0 fully saturated rings. The van der Waals surface area contributed by atoms with E-state index in [1.54, 1.807) is 13.1 Å². The zero-order valence-electron chi connectivity index (χ0n) is 17.1. The minimum atomic E-state index is -0.152. The molecular weight excluding hydrogens is 327 g/mol. The molecule has 0 unspecified atom stereocenters. The van der Waals surface area contributed by atoms with Crippen LogP contribution in [0, 0.1) is 13.8 Å². The maximum absolute atomic E-state index is 11.4. The monoisotopic (exact) mass is 362 g/mol. The van der Waals surface area contributed by atoms with E-state index in [1.807, 2.05) is 57.2 Å². The van der Waals surface area contributed by atoms with Gasteiger partial charge in [-0.25, -0.2) is 4.98 Å². The number of pyridine rings is 1. The van der Waals surface area contributed by atoms with Gasteiger partial charge >= 0.3 is 0 Å². The summed E-state index contributed by atoms with van der Waals surface area (Å²) in [4.78, 5) is 15.6. The molecule has 2 rings (SSSR count). The van der Waals surface area contributed by atoms with Gasteiger partial charge in [-0.05, 0) is 38.0 Å². The summed E-state index contributed by atoms with van der Waals surface area (Å²) in [6, 6.07) is 13.9. The number of hydrogen-bond donors (Lipinski definition) is 1. The molecule has 1 aromatic heterocycles. The highest BCUT2D eigenvalue weighted by Gasteiger charge is 2.05. The molecule has 0 bridgehead atoms. The van der Waals surface area contributed by atoms with E-state index in [0.29, 0.717) is 12.9 Å². The molecule has 3 nitrogen and oxygen atoms in total. The summed E-state index contributed by atoms with van der Waals surface area (Å²) in [5.41, 5.74) is 3.71. The van der Waals surface area contributed by atoms with Crippen LogP contribution in [0.25, 0.3) is 6.08 Å². The van der Waals surface area contributed by atoms with Crippen molar-refractivity contribution in [3.05, 3.63) is 71.1 Å². The second kappa shape index (κ2) is 17.3. The lowest BCUT2D eigenvalue weighted by atomic mass is 10.1. The van der Waals surface area contributed by atoms with E-state index in [9.17, 15) is 9.18 Å². The molecule has 1 N–H and O–H groups in total. The van der Waals surface area contributed by atoms with Crippen molar-refractivity contribution in [3.8, 4) is 0 Å². The lowest BCUT2D eigenvalue weighted by molar-refractivity contribution is 0.0958. The molecular formula is C22H35FN2O. The molecule has 0 saturated carbocycles. The van der Waals surface area contributed by atoms with Gasteiger partial charge in [-0.1, -0.05) is 68.8 Å². The second-order valence-corrected chi connectivity index (χ2v) is 4.94. The third-order valence-corrected chi connectivity index (χ3v) is 3.05. The summed E-state index contributed by atoms with van der Waals surface area (Å²) in [6.07, 6.45) is 4.94. The smallest absolute Gasteiger partial charge is 0.269 e. The van der Waals surface area contributed by atoms with Crippen molar-refractivity contribution in [3.63, 3.8) is 0 Å². The summed E-state index contributed by atoms with van der Waals surface area (Å²) in [5, 5.41) is 2.56. The van der Waals surface area contributed by atoms with E-state index >= 15 is 0 Å². The van der Waals surface area contributed by atoms with Crippen molar-refractivity contribution in [1.29, 1.82) is 0 Å². The van der Waals surface area contributed by atoms with Crippen molar-refractivity contribution >= 4 is 12.0 Å². The van der Waals surface area contributed by atoms with Crippen LogP contribution in [0.15, 0.2) is 48.5 Å². The average molecular weight is 363 g/mol. The Labute approximate surface area is 159 Å². The molecule has 26 heavy (non-hydrogen) atoms. The standard InChI is InChI=1S/C12H16N2O.C7H8.C2H6.CH3F.H2/c1-4-5-6-10-9(2)7-8-11(14-10)12(15)13-3;1-7-5-3-2-4-6-7;2*1-2;/h5-8H,4H2,1-3H3,(H,13,15);2-6H,1H3;1-2H3;1H3;1H/b6-5-;;;;. The van der Waals surface area contributed by atoms with Crippen LogP contribution in [0.1, 0.15) is 55.9 Å². The van der Waals surface area contributed by atoms with Gasteiger partial charge < -0.3 is 5.32 Å². The zero-order valence-corrected chi connectivity index (χ0v) is 17.1. The van der Waals surface area contributed by atoms with E-state index in [1.165, 1.54) is 5.56 Å². The van der Waals surface area contributed by atoms with Gasteiger partial charge in [0.25, 0.3) is 5.91 Å². The summed E-state index contributed by atoms with van der Waals surface area (Å²) in [7, 11) is 2.10. The Kier molecular flexibility index (Phi) is 17.2. The van der Waals surface area contributed by atoms with Crippen LogP contribution in [0.5, 0.6) is 0 Å². The summed E-state index contributed by atoms with van der Waals surface area (Å²) >= 11 is 0. The number of benzene rings is 1. The van der Waals surface area contributed by atoms with Crippen LogP contribution in [0.4, 0.5) is 4.39 Å². The van der Waals surface area contributed by atoms with Crippen LogP contribution < -0.4 is 5.32 Å². The number of aryl methyl sites for hydroxylation is 2. The minimum absolute atomic E-state index is 0. The fraction of sp³-hybridized carbons (Fsp3) is 0.364. The number of nitrogens with one attached hydrogen (secondary N) is 1. The molecule has 0 aliphatic heterocycles. The highest BCUT2D eigenvalue weighted by Crippen LogP contribution is 2.09. The van der Waals surface area contributed by atoms with Crippen molar-refractivity contribution < 1.29 is 10.6 Å². The predicted octanol–water partition coefficient (Wildman–Crippen LogP) is 6.03. The first-order valence-electron chi connectivity index (χ1n) is 8.84. The highest BCUT2D eigenvalue weighted by atomic mass is 19.1. The molecule has 0 atom stereocenters. The lowest BCUT2D eigenvalue weighted by Gasteiger charge is -2.03. The van der Waals surface area contributed by atoms with Gasteiger partial charge in [0.15, 0.2) is 0 Å². The molecule has 0 aliphatic carbocycles. The largest absolute Gasteiger partial charge is 0.354 e. The number of hydrogen-bond acceptors (Lipinski definition) is 2. The molecule has 4 heteroatoms. The maximum atomic E-state index is 11.4. The number of carbonyl (C=O) groups is 1. The van der Waals surface area contributed by atoms with Crippen molar-refractivity contribution in [2.45, 2.75) is 41.0 Å². The number of rotatable bonds is 3. The number of nitrogens with zero attached hydrogens (tertiary/aromatic N) is 1. The Balaban J connectivity index is -0.000000403. The van der Waals surface area contributed by atoms with Gasteiger partial charge in [0.2, 0.25) is 0 Å². The number of alkyl halides is 1. The average Bonchev–Trinajstić information content (AvgIpc) is 2.71. The van der Waals surface area contributed by atoms with E-state index in [-0.39, 0.29) is 7.33 Å². The Bertz CT molecular complexity index is 631. The number of halogens is 1. The zero-order chi connectivity index (χ0) is 20.4. The Hall–Kier alpha value is -2.49. The summed E-state index contributed by atoms with van der Waals surface area (Å²) in [5.74, 6) is -0.152. The van der Waals surface area contributed by atoms with E-state index in [4.69, 9.17) is 0 Å². The number of allylic oxidation sites excluding steroid dienone is 1. The first-order valence-corrected chi connectivity index (χ1v) is 8.84. The minimum Gasteiger partial charge on any atom is -0.354 e. The van der Waals surface area contributed by atoms with Gasteiger partial charge in [-0.2, -0.15) is 0 Å². The molecule has 1 amide bonds. The molecule has 0 aliphatic rings. The van der Waals surface area contributed by atoms with E-state index in [0.717, 1.165) is 17.7 Å². The SMILES string of the molecule is CC.CC/C=C\c1nc(C(=O)NC)ccc1C.CF.Cc1ccccc1.[HH]. The predicted molar refractivity (Wildman–Crippen MR) is 113 cm³/mol. The quantitative estimate of drug-likeness (QED) is 0.725. The molecule has 1 aromatic carbocycles. The molecule has 146 valence electrons. The van der Waals surface area contributed by atoms with Gasteiger partial charge in [0.1, 0.15) is 5.69 Å². The maximum Gasteiger partial charge on any atom is 0.269 e. The fourth-order valence-corrected chi connectivity index (χ4v) is 1.73. The summed E-state index contributed by atoms with van der Waals surface area (Å²) < 4.78 is 9.50. The molecule has 0 spiro atoms. The van der Waals surface area contributed by atoms with Gasteiger partial charge in [-0.3, -0.25) is 9.18 Å². The Morgan fingerprint density at radius 3 is 2.12 bits per heavy atom. The first-order chi connectivity index (χ1) is 12.6. The van der Waals surface area contributed by atoms with Gasteiger partial charge in [0.05, 0.1) is 12.9 Å². The summed E-state index contributed by atoms with van der Waals surface area (Å²) in [6.45, 7) is 10.1. The van der Waals surface area contributed by atoms with Crippen molar-refractivity contribution in [2.75, 3.05) is 14.2 Å². The Morgan fingerprint density at radius 2 is 1.69 bits per heavy atom. The fourth-order valence-electron chi connectivity index (χ4n) is 1.73. The molecule has 1 heterocycles. The topological polar surface area (TPSA) is 42.0 Å². The Morgan fingerprint density at radius 1 is 1.12 bits per heavy atom. The van der Waals surface area contributed by atoms with Crippen LogP contribution in [-0.2, 0) is 0 Å². The molecule has 0 radical (unpaired) electrons. The number of amides is 1. The third-order valence-electron chi connectivity index (χ3n) is 3.05. The normalized spacial score (nSPS) is 8.92. The van der Waals surface area contributed by atoms with Crippen LogP contribution in [0.2, 0.25) is 0 Å². The van der Waals surface area contributed by atoms with Crippen LogP contribution in [0.3, 0.4) is 0 Å². The first kappa shape index (κ1) is 25.7. The molecule has 2 aromatic rings.